The fourth-order valence-corrected chi connectivity index (χ4v) is 3.50. The number of hydrogen-bond donors (Lipinski definition) is 1. The number of esters is 1. The molecule has 0 saturated carbocycles. The standard InChI is InChI=1S/C17H24N2O2/c1-12-10-15-14(11-18-12)4-3-5-16(15)19-8-6-13(7-9-19)17(20)21-2/h3-5,12-13,18H,6-11H2,1-2H3. The molecule has 3 rings (SSSR count). The predicted octanol–water partition coefficient (Wildman–Crippen LogP) is 2.11. The molecule has 1 unspecified atom stereocenters. The third-order valence-electron chi connectivity index (χ3n) is 4.77. The van der Waals surface area contributed by atoms with E-state index in [1.807, 2.05) is 0 Å². The molecule has 1 saturated heterocycles. The highest BCUT2D eigenvalue weighted by Crippen LogP contribution is 2.31. The van der Waals surface area contributed by atoms with E-state index in [1.54, 1.807) is 0 Å². The van der Waals surface area contributed by atoms with Gasteiger partial charge < -0.3 is 15.0 Å². The molecule has 114 valence electrons. The Morgan fingerprint density at radius 3 is 2.81 bits per heavy atom. The van der Waals surface area contributed by atoms with E-state index < -0.39 is 0 Å². The minimum atomic E-state index is -0.0532. The number of ether oxygens (including phenoxy) is 1. The first kappa shape index (κ1) is 14.4. The Morgan fingerprint density at radius 1 is 1.33 bits per heavy atom. The van der Waals surface area contributed by atoms with Crippen molar-refractivity contribution in [2.45, 2.75) is 38.8 Å². The summed E-state index contributed by atoms with van der Waals surface area (Å²) in [6.07, 6.45) is 2.87. The van der Waals surface area contributed by atoms with Crippen LogP contribution < -0.4 is 10.2 Å². The highest BCUT2D eigenvalue weighted by molar-refractivity contribution is 5.72. The molecular formula is C17H24N2O2. The Labute approximate surface area is 126 Å². The van der Waals surface area contributed by atoms with Gasteiger partial charge in [-0.1, -0.05) is 12.1 Å². The van der Waals surface area contributed by atoms with Crippen LogP contribution in [0.3, 0.4) is 0 Å². The zero-order chi connectivity index (χ0) is 14.8. The van der Waals surface area contributed by atoms with Crippen molar-refractivity contribution < 1.29 is 9.53 Å². The lowest BCUT2D eigenvalue weighted by Gasteiger charge is -2.36. The zero-order valence-corrected chi connectivity index (χ0v) is 12.9. The van der Waals surface area contributed by atoms with Crippen LogP contribution in [0.25, 0.3) is 0 Å². The molecule has 2 heterocycles. The minimum absolute atomic E-state index is 0.0532. The Bertz CT molecular complexity index is 522. The number of carbonyl (C=O) groups is 1. The number of carbonyl (C=O) groups excluding carboxylic acids is 1. The molecule has 2 aliphatic rings. The van der Waals surface area contributed by atoms with Gasteiger partial charge in [0.15, 0.2) is 0 Å². The predicted molar refractivity (Wildman–Crippen MR) is 83.4 cm³/mol. The first-order valence-electron chi connectivity index (χ1n) is 7.86. The fraction of sp³-hybridized carbons (Fsp3) is 0.588. The SMILES string of the molecule is COC(=O)C1CCN(c2cccc3c2CC(C)NC3)CC1. The molecule has 4 heteroatoms. The average molecular weight is 288 g/mol. The van der Waals surface area contributed by atoms with Gasteiger partial charge >= 0.3 is 5.97 Å². The first-order valence-corrected chi connectivity index (χ1v) is 7.86. The van der Waals surface area contributed by atoms with Crippen molar-refractivity contribution >= 4 is 11.7 Å². The lowest BCUT2D eigenvalue weighted by molar-refractivity contribution is -0.146. The minimum Gasteiger partial charge on any atom is -0.469 e. The van der Waals surface area contributed by atoms with Crippen LogP contribution in [0.2, 0.25) is 0 Å². The van der Waals surface area contributed by atoms with Gasteiger partial charge in [0.05, 0.1) is 13.0 Å². The maximum Gasteiger partial charge on any atom is 0.308 e. The number of nitrogens with one attached hydrogen (secondary N) is 1. The van der Waals surface area contributed by atoms with E-state index in [-0.39, 0.29) is 11.9 Å². The highest BCUT2D eigenvalue weighted by Gasteiger charge is 2.27. The summed E-state index contributed by atoms with van der Waals surface area (Å²) in [4.78, 5) is 14.1. The van der Waals surface area contributed by atoms with Crippen molar-refractivity contribution in [1.82, 2.24) is 5.32 Å². The summed E-state index contributed by atoms with van der Waals surface area (Å²) in [6.45, 7) is 5.09. The van der Waals surface area contributed by atoms with Crippen LogP contribution in [0.4, 0.5) is 5.69 Å². The van der Waals surface area contributed by atoms with E-state index >= 15 is 0 Å². The monoisotopic (exact) mass is 288 g/mol. The average Bonchev–Trinajstić information content (AvgIpc) is 2.53. The van der Waals surface area contributed by atoms with Gasteiger partial charge in [0.1, 0.15) is 0 Å². The van der Waals surface area contributed by atoms with E-state index in [4.69, 9.17) is 4.74 Å². The molecule has 0 bridgehead atoms. The molecule has 0 radical (unpaired) electrons. The summed E-state index contributed by atoms with van der Waals surface area (Å²) in [5, 5.41) is 3.52. The second-order valence-electron chi connectivity index (χ2n) is 6.19. The lowest BCUT2D eigenvalue weighted by Crippen LogP contribution is -2.39. The number of benzene rings is 1. The molecule has 21 heavy (non-hydrogen) atoms. The summed E-state index contributed by atoms with van der Waals surface area (Å²) in [6, 6.07) is 7.14. The van der Waals surface area contributed by atoms with E-state index in [1.165, 1.54) is 23.9 Å². The summed E-state index contributed by atoms with van der Waals surface area (Å²) in [5.74, 6) is 0.0222. The van der Waals surface area contributed by atoms with Gasteiger partial charge in [0.2, 0.25) is 0 Å². The molecule has 1 atom stereocenters. The second-order valence-corrected chi connectivity index (χ2v) is 6.19. The number of methoxy groups -OCH3 is 1. The van der Waals surface area contributed by atoms with Crippen LogP contribution in [-0.4, -0.2) is 32.2 Å². The topological polar surface area (TPSA) is 41.6 Å². The highest BCUT2D eigenvalue weighted by atomic mass is 16.5. The number of nitrogens with zero attached hydrogens (tertiary/aromatic N) is 1. The van der Waals surface area contributed by atoms with Crippen molar-refractivity contribution in [1.29, 1.82) is 0 Å². The van der Waals surface area contributed by atoms with Gasteiger partial charge in [-0.25, -0.2) is 0 Å². The maximum absolute atomic E-state index is 11.6. The molecule has 0 spiro atoms. The Morgan fingerprint density at radius 2 is 2.10 bits per heavy atom. The van der Waals surface area contributed by atoms with Gasteiger partial charge in [0, 0.05) is 31.4 Å². The largest absolute Gasteiger partial charge is 0.469 e. The molecule has 4 nitrogen and oxygen atoms in total. The van der Waals surface area contributed by atoms with E-state index in [2.05, 4.69) is 35.3 Å². The lowest BCUT2D eigenvalue weighted by atomic mass is 9.92. The Kier molecular flexibility index (Phi) is 4.15. The number of fused-ring (bicyclic) bond motifs is 1. The number of anilines is 1. The second kappa shape index (κ2) is 6.06. The molecule has 1 aromatic carbocycles. The molecule has 0 aliphatic carbocycles. The fourth-order valence-electron chi connectivity index (χ4n) is 3.50. The first-order chi connectivity index (χ1) is 10.2. The van der Waals surface area contributed by atoms with Crippen LogP contribution in [0.1, 0.15) is 30.9 Å². The van der Waals surface area contributed by atoms with Gasteiger partial charge in [-0.2, -0.15) is 0 Å². The van der Waals surface area contributed by atoms with E-state index in [9.17, 15) is 4.79 Å². The molecule has 0 amide bonds. The normalized spacial score (nSPS) is 22.8. The molecular weight excluding hydrogens is 264 g/mol. The van der Waals surface area contributed by atoms with Crippen LogP contribution in [0.5, 0.6) is 0 Å². The van der Waals surface area contributed by atoms with Crippen molar-refractivity contribution in [3.63, 3.8) is 0 Å². The van der Waals surface area contributed by atoms with Crippen LogP contribution >= 0.6 is 0 Å². The van der Waals surface area contributed by atoms with E-state index in [0.29, 0.717) is 6.04 Å². The molecule has 1 fully saturated rings. The van der Waals surface area contributed by atoms with Gasteiger partial charge in [-0.05, 0) is 43.4 Å². The van der Waals surface area contributed by atoms with Gasteiger partial charge in [0.25, 0.3) is 0 Å². The number of piperidine rings is 1. The summed E-state index contributed by atoms with van der Waals surface area (Å²) < 4.78 is 4.87. The van der Waals surface area contributed by atoms with Gasteiger partial charge in [-0.15, -0.1) is 0 Å². The Hall–Kier alpha value is -1.55. The van der Waals surface area contributed by atoms with Crippen LogP contribution in [0, 0.1) is 5.92 Å². The third kappa shape index (κ3) is 2.91. The van der Waals surface area contributed by atoms with Crippen molar-refractivity contribution in [2.24, 2.45) is 5.92 Å². The zero-order valence-electron chi connectivity index (χ0n) is 12.9. The molecule has 1 aromatic rings. The Balaban J connectivity index is 1.75. The smallest absolute Gasteiger partial charge is 0.308 e. The van der Waals surface area contributed by atoms with Crippen molar-refractivity contribution in [2.75, 3.05) is 25.1 Å². The van der Waals surface area contributed by atoms with Crippen LogP contribution in [0.15, 0.2) is 18.2 Å². The maximum atomic E-state index is 11.6. The van der Waals surface area contributed by atoms with Crippen molar-refractivity contribution in [3.05, 3.63) is 29.3 Å². The van der Waals surface area contributed by atoms with Crippen molar-refractivity contribution in [3.8, 4) is 0 Å². The summed E-state index contributed by atoms with van der Waals surface area (Å²) >= 11 is 0. The summed E-state index contributed by atoms with van der Waals surface area (Å²) in [5.41, 5.74) is 4.27. The van der Waals surface area contributed by atoms with E-state index in [0.717, 1.165) is 38.9 Å². The molecule has 1 N–H and O–H groups in total. The summed E-state index contributed by atoms with van der Waals surface area (Å²) in [7, 11) is 1.48. The van der Waals surface area contributed by atoms with Gasteiger partial charge in [-0.3, -0.25) is 4.79 Å². The van der Waals surface area contributed by atoms with Crippen LogP contribution in [-0.2, 0) is 22.5 Å². The molecule has 0 aromatic heterocycles. The third-order valence-corrected chi connectivity index (χ3v) is 4.77. The number of rotatable bonds is 2. The quantitative estimate of drug-likeness (QED) is 0.846. The molecule has 2 aliphatic heterocycles. The number of hydrogen-bond acceptors (Lipinski definition) is 4.